The maximum absolute atomic E-state index is 13.0. The first-order valence-electron chi connectivity index (χ1n) is 44.4. The van der Waals surface area contributed by atoms with E-state index in [0.29, 0.717) is 19.3 Å². The SMILES string of the molecule is CC/C=C\C/C=C\C/C=C\C/C=C\C/C=C\CCCCCCCCCCCCCCCCCCCC(=O)OCC(O)COP(=O)(O)OCC(O)COP(=O)(O)OCC(COC(=O)CCCCCCCCCCC/C=C\C/C=C\C/C=C\C/C=C\CCCCC)OC(=O)CCCCC/C=C\C/C=C\C/C=C\C/C=C\C/C=C\CC. The first kappa shape index (κ1) is 108. The van der Waals surface area contributed by atoms with Crippen LogP contribution in [0.15, 0.2) is 170 Å². The van der Waals surface area contributed by atoms with Gasteiger partial charge in [0.15, 0.2) is 6.10 Å². The second kappa shape index (κ2) is 86.3. The van der Waals surface area contributed by atoms with Crippen LogP contribution in [-0.2, 0) is 55.8 Å². The fourth-order valence-electron chi connectivity index (χ4n) is 11.7. The average molecular weight is 1620 g/mol. The molecule has 0 heterocycles. The van der Waals surface area contributed by atoms with Crippen LogP contribution in [0.3, 0.4) is 0 Å². The highest BCUT2D eigenvalue weighted by Gasteiger charge is 2.29. The smallest absolute Gasteiger partial charge is 0.463 e. The molecule has 0 saturated heterocycles. The Labute approximate surface area is 688 Å². The molecule has 0 aromatic carbocycles. The van der Waals surface area contributed by atoms with E-state index in [4.69, 9.17) is 32.3 Å². The molecule has 646 valence electrons. The van der Waals surface area contributed by atoms with Crippen molar-refractivity contribution < 1.29 is 75.8 Å². The third-order valence-corrected chi connectivity index (χ3v) is 20.3. The van der Waals surface area contributed by atoms with Crippen LogP contribution in [0.5, 0.6) is 0 Å². The average Bonchev–Trinajstić information content (AvgIpc) is 0.900. The molecule has 0 aliphatic carbocycles. The van der Waals surface area contributed by atoms with Gasteiger partial charge in [0, 0.05) is 19.3 Å². The Hall–Kier alpha value is -5.09. The van der Waals surface area contributed by atoms with Crippen LogP contribution in [0, 0.1) is 0 Å². The lowest BCUT2D eigenvalue weighted by molar-refractivity contribution is -0.161. The Morgan fingerprint density at radius 1 is 0.257 bits per heavy atom. The zero-order valence-corrected chi connectivity index (χ0v) is 72.8. The Morgan fingerprint density at radius 3 is 0.752 bits per heavy atom. The van der Waals surface area contributed by atoms with Gasteiger partial charge in [-0.1, -0.05) is 351 Å². The number of phosphoric ester groups is 2. The molecule has 0 fully saturated rings. The Bertz CT molecular complexity index is 2730. The lowest BCUT2D eigenvalue weighted by Crippen LogP contribution is -2.30. The molecule has 0 rings (SSSR count). The third-order valence-electron chi connectivity index (χ3n) is 18.4. The van der Waals surface area contributed by atoms with Gasteiger partial charge in [0.2, 0.25) is 0 Å². The summed E-state index contributed by atoms with van der Waals surface area (Å²) in [5.41, 5.74) is 0. The summed E-state index contributed by atoms with van der Waals surface area (Å²) in [6.07, 6.45) is 111. The van der Waals surface area contributed by atoms with Crippen molar-refractivity contribution >= 4 is 33.6 Å². The highest BCUT2D eigenvalue weighted by atomic mass is 31.2. The molecule has 5 atom stereocenters. The van der Waals surface area contributed by atoms with Crippen molar-refractivity contribution in [2.75, 3.05) is 39.6 Å². The molecule has 16 nitrogen and oxygen atoms in total. The summed E-state index contributed by atoms with van der Waals surface area (Å²) < 4.78 is 61.3. The molecule has 0 bridgehead atoms. The fourth-order valence-corrected chi connectivity index (χ4v) is 13.3. The Kier molecular flexibility index (Phi) is 82.4. The quantitative estimate of drug-likeness (QED) is 0.0146. The normalized spacial score (nSPS) is 14.6. The molecule has 0 aliphatic rings. The van der Waals surface area contributed by atoms with Crippen LogP contribution in [0.1, 0.15) is 355 Å². The summed E-state index contributed by atoms with van der Waals surface area (Å²) in [6, 6.07) is 0. The van der Waals surface area contributed by atoms with Crippen LogP contribution in [0.4, 0.5) is 0 Å². The van der Waals surface area contributed by atoms with Gasteiger partial charge in [-0.05, 0) is 154 Å². The van der Waals surface area contributed by atoms with E-state index in [-0.39, 0.29) is 19.3 Å². The Balaban J connectivity index is 4.56. The van der Waals surface area contributed by atoms with Gasteiger partial charge in [-0.25, -0.2) is 9.13 Å². The van der Waals surface area contributed by atoms with Gasteiger partial charge >= 0.3 is 33.6 Å². The highest BCUT2D eigenvalue weighted by molar-refractivity contribution is 7.47. The van der Waals surface area contributed by atoms with Crippen molar-refractivity contribution in [1.29, 1.82) is 0 Å². The van der Waals surface area contributed by atoms with Crippen LogP contribution < -0.4 is 0 Å². The van der Waals surface area contributed by atoms with E-state index in [0.717, 1.165) is 154 Å². The number of aliphatic hydroxyl groups is 2. The lowest BCUT2D eigenvalue weighted by atomic mass is 10.0. The third kappa shape index (κ3) is 87.6. The Morgan fingerprint density at radius 2 is 0.469 bits per heavy atom. The minimum atomic E-state index is -4.95. The minimum Gasteiger partial charge on any atom is -0.463 e. The summed E-state index contributed by atoms with van der Waals surface area (Å²) >= 11 is 0. The second-order valence-corrected chi connectivity index (χ2v) is 32.2. The van der Waals surface area contributed by atoms with Gasteiger partial charge < -0.3 is 34.2 Å². The van der Waals surface area contributed by atoms with Gasteiger partial charge in [0.1, 0.15) is 25.4 Å². The number of phosphoric acid groups is 2. The number of carbonyl (C=O) groups excluding carboxylic acids is 3. The summed E-state index contributed by atoms with van der Waals surface area (Å²) in [7, 11) is -9.82. The molecule has 0 aromatic rings. The number of unbranched alkanes of at least 4 members (excludes halogenated alkanes) is 32. The van der Waals surface area contributed by atoms with Crippen molar-refractivity contribution in [2.45, 2.75) is 373 Å². The maximum Gasteiger partial charge on any atom is 0.472 e. The molecule has 0 saturated carbocycles. The molecule has 113 heavy (non-hydrogen) atoms. The van der Waals surface area contributed by atoms with Crippen molar-refractivity contribution in [2.24, 2.45) is 0 Å². The fraction of sp³-hybridized carbons (Fsp3) is 0.674. The predicted molar refractivity (Wildman–Crippen MR) is 472 cm³/mol. The standard InChI is InChI=1S/C95H160O16P2/c1-4-7-10-13-16-19-22-25-28-31-34-36-38-40-41-42-43-44-45-46-47-49-51-52-55-57-60-63-66-69-72-75-78-81-93(98)105-84-90(96)85-107-112(101,102)108-86-91(97)87-109-113(103,104)110-89-92(111-95(100)83-80-77-74-71-68-65-62-59-54-33-30-27-24-21-18-15-12-9-6-3)88-106-94(99)82-79-76-73-70-67-64-61-58-56-53-50-48-39-37-35-32-29-26-23-20-17-14-11-8-5-2/h7,9-10,12,16-21,25-30,34-37,40-41,48,50,54,59,65,68,90-92,96-97H,4-6,8,11,13-15,22-24,31-33,38-39,42-47,49,51-53,55-58,60-64,66-67,69-89H2,1-3H3,(H,101,102)(H,103,104)/b10-7-,12-9-,19-16-,20-17-,21-18-,28-25-,29-26-,30-27-,36-34-,37-35-,41-40-,50-48-,59-54-,68-65-. The molecule has 0 radical (unpaired) electrons. The number of ether oxygens (including phenoxy) is 3. The van der Waals surface area contributed by atoms with Crippen LogP contribution in [0.2, 0.25) is 0 Å². The first-order valence-corrected chi connectivity index (χ1v) is 47.4. The summed E-state index contributed by atoms with van der Waals surface area (Å²) in [5.74, 6) is -1.62. The van der Waals surface area contributed by atoms with E-state index in [9.17, 15) is 43.5 Å². The van der Waals surface area contributed by atoms with E-state index >= 15 is 0 Å². The molecule has 4 N–H and O–H groups in total. The number of carbonyl (C=O) groups is 3. The predicted octanol–water partition coefficient (Wildman–Crippen LogP) is 27.1. The van der Waals surface area contributed by atoms with E-state index < -0.39 is 91.5 Å². The molecule has 0 aliphatic heterocycles. The van der Waals surface area contributed by atoms with Gasteiger partial charge in [-0.15, -0.1) is 0 Å². The zero-order valence-electron chi connectivity index (χ0n) is 71.0. The maximum atomic E-state index is 13.0. The van der Waals surface area contributed by atoms with E-state index in [1.54, 1.807) is 0 Å². The number of hydrogen-bond donors (Lipinski definition) is 4. The minimum absolute atomic E-state index is 0.0594. The van der Waals surface area contributed by atoms with Crippen molar-refractivity contribution in [3.63, 3.8) is 0 Å². The van der Waals surface area contributed by atoms with Gasteiger partial charge in [-0.3, -0.25) is 32.5 Å². The second-order valence-electron chi connectivity index (χ2n) is 29.3. The number of hydrogen-bond acceptors (Lipinski definition) is 14. The van der Waals surface area contributed by atoms with Crippen LogP contribution in [0.25, 0.3) is 0 Å². The topological polar surface area (TPSA) is 231 Å². The molecular formula is C95H160O16P2. The first-order chi connectivity index (χ1) is 55.2. The summed E-state index contributed by atoms with van der Waals surface area (Å²) in [4.78, 5) is 58.9. The molecule has 5 unspecified atom stereocenters. The van der Waals surface area contributed by atoms with Gasteiger partial charge in [-0.2, -0.15) is 0 Å². The molecule has 18 heteroatoms. The molecule has 0 aromatic heterocycles. The van der Waals surface area contributed by atoms with E-state index in [1.807, 2.05) is 0 Å². The zero-order chi connectivity index (χ0) is 82.2. The van der Waals surface area contributed by atoms with Crippen LogP contribution >= 0.6 is 15.6 Å². The van der Waals surface area contributed by atoms with Gasteiger partial charge in [0.05, 0.1) is 26.4 Å². The number of aliphatic hydroxyl groups excluding tert-OH is 2. The molecule has 0 amide bonds. The number of esters is 3. The van der Waals surface area contributed by atoms with Crippen molar-refractivity contribution in [3.05, 3.63) is 170 Å². The lowest BCUT2D eigenvalue weighted by Gasteiger charge is -2.21. The van der Waals surface area contributed by atoms with Crippen LogP contribution in [-0.4, -0.2) is 95.9 Å². The summed E-state index contributed by atoms with van der Waals surface area (Å²) in [6.45, 7) is 2.41. The van der Waals surface area contributed by atoms with Gasteiger partial charge in [0.25, 0.3) is 0 Å². The number of rotatable bonds is 83. The molecule has 0 spiro atoms. The largest absolute Gasteiger partial charge is 0.472 e. The van der Waals surface area contributed by atoms with Crippen molar-refractivity contribution in [1.82, 2.24) is 0 Å². The monoisotopic (exact) mass is 1620 g/mol. The van der Waals surface area contributed by atoms with E-state index in [2.05, 4.69) is 191 Å². The summed E-state index contributed by atoms with van der Waals surface area (Å²) in [5, 5.41) is 20.7. The molecular weight excluding hydrogens is 1460 g/mol. The number of allylic oxidation sites excluding steroid dienone is 28. The highest BCUT2D eigenvalue weighted by Crippen LogP contribution is 2.45. The van der Waals surface area contributed by atoms with E-state index in [1.165, 1.54) is 141 Å². The van der Waals surface area contributed by atoms with Crippen molar-refractivity contribution in [3.8, 4) is 0 Å².